The zero-order valence-corrected chi connectivity index (χ0v) is 14.8. The molecule has 2 rings (SSSR count). The zero-order valence-electron chi connectivity index (χ0n) is 14.0. The highest BCUT2D eigenvalue weighted by molar-refractivity contribution is 7.89. The minimum Gasteiger partial charge on any atom is -0.490 e. The lowest BCUT2D eigenvalue weighted by molar-refractivity contribution is -0.119. The van der Waals surface area contributed by atoms with E-state index in [2.05, 4.69) is 21.8 Å². The minimum atomic E-state index is -3.73. The van der Waals surface area contributed by atoms with Gasteiger partial charge in [-0.05, 0) is 29.8 Å². The average Bonchev–Trinajstić information content (AvgIpc) is 2.66. The Bertz CT molecular complexity index is 880. The number of rotatable bonds is 9. The topological polar surface area (TPSA) is 96.9 Å². The molecule has 0 saturated carbocycles. The van der Waals surface area contributed by atoms with Gasteiger partial charge in [-0.3, -0.25) is 4.79 Å². The Balaban J connectivity index is 1.85. The molecule has 0 atom stereocenters. The molecule has 26 heavy (non-hydrogen) atoms. The monoisotopic (exact) mass is 373 g/mol. The Morgan fingerprint density at radius 2 is 1.92 bits per heavy atom. The largest absolute Gasteiger partial charge is 0.490 e. The predicted octanol–water partition coefficient (Wildman–Crippen LogP) is 1.68. The van der Waals surface area contributed by atoms with Crippen LogP contribution in [0.1, 0.15) is 5.56 Å². The summed E-state index contributed by atoms with van der Waals surface area (Å²) in [6.07, 6.45) is 3.07. The van der Waals surface area contributed by atoms with E-state index in [1.54, 1.807) is 48.5 Å². The molecule has 0 aliphatic carbocycles. The highest BCUT2D eigenvalue weighted by Gasteiger charge is 2.14. The molecule has 0 aliphatic rings. The number of ether oxygens (including phenoxy) is 1. The lowest BCUT2D eigenvalue weighted by Crippen LogP contribution is -2.34. The van der Waals surface area contributed by atoms with Gasteiger partial charge < -0.3 is 4.74 Å². The number of nitrogens with one attached hydrogen (secondary N) is 2. The number of amides is 1. The van der Waals surface area contributed by atoms with Crippen LogP contribution in [-0.2, 0) is 14.8 Å². The van der Waals surface area contributed by atoms with Crippen LogP contribution in [0, 0.1) is 0 Å². The minimum absolute atomic E-state index is 0.0904. The first-order valence-electron chi connectivity index (χ1n) is 7.71. The first-order chi connectivity index (χ1) is 12.5. The van der Waals surface area contributed by atoms with Gasteiger partial charge in [0.1, 0.15) is 12.4 Å². The predicted molar refractivity (Wildman–Crippen MR) is 99.5 cm³/mol. The van der Waals surface area contributed by atoms with Crippen LogP contribution in [0.4, 0.5) is 0 Å². The van der Waals surface area contributed by atoms with E-state index < -0.39 is 22.5 Å². The van der Waals surface area contributed by atoms with Crippen molar-refractivity contribution in [3.05, 3.63) is 72.8 Å². The van der Waals surface area contributed by atoms with Crippen molar-refractivity contribution >= 4 is 22.1 Å². The van der Waals surface area contributed by atoms with Gasteiger partial charge in [-0.15, -0.1) is 0 Å². The fourth-order valence-electron chi connectivity index (χ4n) is 1.90. The SMILES string of the molecule is C=CCOc1cccc(/C=N/NC(=O)CNS(=O)(=O)c2ccccc2)c1. The van der Waals surface area contributed by atoms with Crippen molar-refractivity contribution < 1.29 is 17.9 Å². The van der Waals surface area contributed by atoms with Crippen LogP contribution in [0.25, 0.3) is 0 Å². The maximum absolute atomic E-state index is 12.0. The fourth-order valence-corrected chi connectivity index (χ4v) is 2.90. The van der Waals surface area contributed by atoms with Crippen molar-refractivity contribution in [2.75, 3.05) is 13.2 Å². The quantitative estimate of drug-likeness (QED) is 0.397. The molecule has 0 radical (unpaired) electrons. The first-order valence-corrected chi connectivity index (χ1v) is 9.20. The molecule has 8 heteroatoms. The highest BCUT2D eigenvalue weighted by Crippen LogP contribution is 2.11. The summed E-state index contributed by atoms with van der Waals surface area (Å²) < 4.78 is 31.6. The normalized spacial score (nSPS) is 11.2. The smallest absolute Gasteiger partial charge is 0.255 e. The summed E-state index contributed by atoms with van der Waals surface area (Å²) in [5.74, 6) is 0.0654. The summed E-state index contributed by atoms with van der Waals surface area (Å²) in [7, 11) is -3.73. The lowest BCUT2D eigenvalue weighted by Gasteiger charge is -2.05. The van der Waals surface area contributed by atoms with Crippen molar-refractivity contribution in [3.63, 3.8) is 0 Å². The van der Waals surface area contributed by atoms with E-state index in [1.807, 2.05) is 0 Å². The van der Waals surface area contributed by atoms with E-state index in [1.165, 1.54) is 18.3 Å². The molecule has 0 spiro atoms. The van der Waals surface area contributed by atoms with Gasteiger partial charge in [0.2, 0.25) is 10.0 Å². The van der Waals surface area contributed by atoms with E-state index in [0.717, 1.165) is 5.56 Å². The number of sulfonamides is 1. The van der Waals surface area contributed by atoms with E-state index in [9.17, 15) is 13.2 Å². The molecule has 136 valence electrons. The molecule has 0 heterocycles. The molecule has 7 nitrogen and oxygen atoms in total. The zero-order chi connectivity index (χ0) is 18.8. The van der Waals surface area contributed by atoms with Crippen LogP contribution < -0.4 is 14.9 Å². The average molecular weight is 373 g/mol. The third-order valence-electron chi connectivity index (χ3n) is 3.11. The Hall–Kier alpha value is -2.97. The van der Waals surface area contributed by atoms with Crippen molar-refractivity contribution in [2.24, 2.45) is 5.10 Å². The van der Waals surface area contributed by atoms with Gasteiger partial charge in [0, 0.05) is 0 Å². The van der Waals surface area contributed by atoms with Gasteiger partial charge in [0.15, 0.2) is 0 Å². The molecular weight excluding hydrogens is 354 g/mol. The second-order valence-corrected chi connectivity index (χ2v) is 6.87. The van der Waals surface area contributed by atoms with Crippen LogP contribution in [-0.4, -0.2) is 33.7 Å². The molecular formula is C18H19N3O4S. The van der Waals surface area contributed by atoms with Crippen molar-refractivity contribution in [1.29, 1.82) is 0 Å². The van der Waals surface area contributed by atoms with Crippen LogP contribution in [0.3, 0.4) is 0 Å². The molecule has 0 unspecified atom stereocenters. The number of hydrazone groups is 1. The second kappa shape index (κ2) is 9.50. The number of carbonyl (C=O) groups excluding carboxylic acids is 1. The van der Waals surface area contributed by atoms with E-state index >= 15 is 0 Å². The van der Waals surface area contributed by atoms with Crippen LogP contribution >= 0.6 is 0 Å². The Morgan fingerprint density at radius 1 is 1.15 bits per heavy atom. The van der Waals surface area contributed by atoms with Gasteiger partial charge in [0.25, 0.3) is 5.91 Å². The lowest BCUT2D eigenvalue weighted by atomic mass is 10.2. The molecule has 0 aliphatic heterocycles. The van der Waals surface area contributed by atoms with E-state index in [0.29, 0.717) is 12.4 Å². The summed E-state index contributed by atoms with van der Waals surface area (Å²) in [5.41, 5.74) is 2.98. The van der Waals surface area contributed by atoms with Gasteiger partial charge in [-0.1, -0.05) is 43.0 Å². The van der Waals surface area contributed by atoms with E-state index in [4.69, 9.17) is 4.74 Å². The molecule has 1 amide bonds. The molecule has 0 bridgehead atoms. The summed E-state index contributed by atoms with van der Waals surface area (Å²) in [4.78, 5) is 11.8. The molecule has 2 N–H and O–H groups in total. The third-order valence-corrected chi connectivity index (χ3v) is 4.52. The van der Waals surface area contributed by atoms with Crippen LogP contribution in [0.5, 0.6) is 5.75 Å². The number of hydrogen-bond acceptors (Lipinski definition) is 5. The first kappa shape index (κ1) is 19.4. The molecule has 0 aromatic heterocycles. The summed E-state index contributed by atoms with van der Waals surface area (Å²) in [5, 5.41) is 3.80. The summed E-state index contributed by atoms with van der Waals surface area (Å²) >= 11 is 0. The Morgan fingerprint density at radius 3 is 2.65 bits per heavy atom. The van der Waals surface area contributed by atoms with Crippen molar-refractivity contribution in [1.82, 2.24) is 10.1 Å². The number of benzene rings is 2. The number of nitrogens with zero attached hydrogens (tertiary/aromatic N) is 1. The van der Waals surface area contributed by atoms with Gasteiger partial charge in [0.05, 0.1) is 17.7 Å². The van der Waals surface area contributed by atoms with Crippen LogP contribution in [0.15, 0.2) is 77.2 Å². The third kappa shape index (κ3) is 6.15. The molecule has 2 aromatic carbocycles. The Labute approximate surface area is 152 Å². The van der Waals surface area contributed by atoms with Gasteiger partial charge in [-0.2, -0.15) is 5.10 Å². The number of carbonyl (C=O) groups is 1. The van der Waals surface area contributed by atoms with Crippen LogP contribution in [0.2, 0.25) is 0 Å². The summed E-state index contributed by atoms with van der Waals surface area (Å²) in [6.45, 7) is 3.54. The molecule has 0 saturated heterocycles. The number of hydrogen-bond donors (Lipinski definition) is 2. The van der Waals surface area contributed by atoms with Gasteiger partial charge in [-0.25, -0.2) is 18.6 Å². The maximum atomic E-state index is 12.0. The fraction of sp³-hybridized carbons (Fsp3) is 0.111. The summed E-state index contributed by atoms with van der Waals surface area (Å²) in [6, 6.07) is 14.9. The van der Waals surface area contributed by atoms with E-state index in [-0.39, 0.29) is 4.90 Å². The Kier molecular flexibility index (Phi) is 7.07. The highest BCUT2D eigenvalue weighted by atomic mass is 32.2. The van der Waals surface area contributed by atoms with Crippen molar-refractivity contribution in [2.45, 2.75) is 4.90 Å². The standard InChI is InChI=1S/C18H19N3O4S/c1-2-11-25-16-8-6-7-15(12-16)13-19-21-18(22)14-20-26(23,24)17-9-4-3-5-10-17/h2-10,12-13,20H,1,11,14H2,(H,21,22)/b19-13+. The van der Waals surface area contributed by atoms with Crippen molar-refractivity contribution in [3.8, 4) is 5.75 Å². The molecule has 0 fully saturated rings. The second-order valence-electron chi connectivity index (χ2n) is 5.10. The molecule has 2 aromatic rings. The van der Waals surface area contributed by atoms with Gasteiger partial charge >= 0.3 is 0 Å². The maximum Gasteiger partial charge on any atom is 0.255 e.